The quantitative estimate of drug-likeness (QED) is 0.327. The van der Waals surface area contributed by atoms with E-state index < -0.39 is 14.1 Å². The highest BCUT2D eigenvalue weighted by molar-refractivity contribution is 6.64. The van der Waals surface area contributed by atoms with Crippen molar-refractivity contribution in [2.24, 2.45) is 0 Å². The van der Waals surface area contributed by atoms with Gasteiger partial charge in [0, 0.05) is 0 Å². The Morgan fingerprint density at radius 1 is 0.483 bits per heavy atom. The van der Waals surface area contributed by atoms with E-state index in [2.05, 4.69) is 104 Å². The summed E-state index contributed by atoms with van der Waals surface area (Å²) in [7, 11) is 0. The minimum Gasteiger partial charge on any atom is -0.0954 e. The molecule has 0 atom stereocenters. The van der Waals surface area contributed by atoms with Gasteiger partial charge in [0.1, 0.15) is 0 Å². The lowest BCUT2D eigenvalue weighted by Gasteiger charge is -2.27. The molecule has 0 N–H and O–H groups in total. The molecular formula is C28H23Al. The maximum absolute atomic E-state index is 2.43. The van der Waals surface area contributed by atoms with Gasteiger partial charge in [-0.25, -0.2) is 0 Å². The normalized spacial score (nSPS) is 14.2. The van der Waals surface area contributed by atoms with Crippen LogP contribution < -0.4 is 0 Å². The summed E-state index contributed by atoms with van der Waals surface area (Å²) >= 11 is -1.27. The van der Waals surface area contributed by atoms with Crippen molar-refractivity contribution in [2.75, 3.05) is 0 Å². The van der Waals surface area contributed by atoms with E-state index in [4.69, 9.17) is 0 Å². The molecule has 0 bridgehead atoms. The Bertz CT molecular complexity index is 1040. The Hall–Kier alpha value is -2.59. The topological polar surface area (TPSA) is 0 Å². The first-order valence-electron chi connectivity index (χ1n) is 10.7. The number of benzene rings is 4. The van der Waals surface area contributed by atoms with Crippen LogP contribution in [0.1, 0.15) is 38.7 Å². The molecule has 0 radical (unpaired) electrons. The molecule has 138 valence electrons. The van der Waals surface area contributed by atoms with Crippen LogP contribution in [0.3, 0.4) is 0 Å². The van der Waals surface area contributed by atoms with Crippen LogP contribution in [0.15, 0.2) is 97.1 Å². The van der Waals surface area contributed by atoms with E-state index in [9.17, 15) is 0 Å². The largest absolute Gasteiger partial charge is 0.293 e. The van der Waals surface area contributed by atoms with E-state index in [0.29, 0.717) is 9.56 Å². The zero-order chi connectivity index (χ0) is 19.4. The van der Waals surface area contributed by atoms with Crippen molar-refractivity contribution in [2.45, 2.75) is 21.8 Å². The molecule has 0 fully saturated rings. The number of fused-ring (bicyclic) bond motifs is 6. The van der Waals surface area contributed by atoms with Crippen molar-refractivity contribution in [3.05, 3.63) is 119 Å². The summed E-state index contributed by atoms with van der Waals surface area (Å²) < 4.78 is 1.16. The fraction of sp³-hybridized carbons (Fsp3) is 0.143. The summed E-state index contributed by atoms with van der Waals surface area (Å²) in [5, 5.41) is 1.29. The monoisotopic (exact) mass is 386 g/mol. The summed E-state index contributed by atoms with van der Waals surface area (Å²) in [5.41, 5.74) is 12.1. The molecule has 6 rings (SSSR count). The molecule has 0 heterocycles. The smallest absolute Gasteiger partial charge is 0.0954 e. The molecule has 0 nitrogen and oxygen atoms in total. The van der Waals surface area contributed by atoms with Crippen molar-refractivity contribution < 1.29 is 0 Å². The Kier molecular flexibility index (Phi) is 4.02. The second-order valence-electron chi connectivity index (χ2n) is 8.38. The molecule has 0 unspecified atom stereocenters. The highest BCUT2D eigenvalue weighted by atomic mass is 27.2. The molecule has 4 aromatic rings. The fourth-order valence-corrected chi connectivity index (χ4v) is 10.3. The highest BCUT2D eigenvalue weighted by Gasteiger charge is 2.45. The molecule has 4 aromatic carbocycles. The van der Waals surface area contributed by atoms with Crippen LogP contribution in [0, 0.1) is 0 Å². The second kappa shape index (κ2) is 6.74. The number of hydrogen-bond donors (Lipinski definition) is 0. The molecule has 0 aliphatic heterocycles. The summed E-state index contributed by atoms with van der Waals surface area (Å²) in [6, 6.07) is 36.6. The molecule has 0 spiro atoms. The van der Waals surface area contributed by atoms with Gasteiger partial charge >= 0.3 is 0 Å². The van der Waals surface area contributed by atoms with Gasteiger partial charge in [0.2, 0.25) is 0 Å². The lowest BCUT2D eigenvalue weighted by atomic mass is 10.1. The van der Waals surface area contributed by atoms with Crippen LogP contribution >= 0.6 is 0 Å². The zero-order valence-electron chi connectivity index (χ0n) is 16.7. The fourth-order valence-electron chi connectivity index (χ4n) is 5.98. The maximum atomic E-state index is 2.43. The molecule has 1 heteroatoms. The van der Waals surface area contributed by atoms with Crippen LogP contribution in [0.5, 0.6) is 0 Å². The molecule has 0 amide bonds. The van der Waals surface area contributed by atoms with Crippen LogP contribution in [0.25, 0.3) is 22.3 Å². The van der Waals surface area contributed by atoms with Crippen molar-refractivity contribution in [3.63, 3.8) is 0 Å². The van der Waals surface area contributed by atoms with Crippen LogP contribution in [0.4, 0.5) is 0 Å². The Morgan fingerprint density at radius 2 is 0.759 bits per heavy atom. The average Bonchev–Trinajstić information content (AvgIpc) is 3.29. The van der Waals surface area contributed by atoms with E-state index in [-0.39, 0.29) is 0 Å². The van der Waals surface area contributed by atoms with E-state index >= 15 is 0 Å². The van der Waals surface area contributed by atoms with Gasteiger partial charge in [0.25, 0.3) is 14.1 Å². The lowest BCUT2D eigenvalue weighted by molar-refractivity contribution is 1.02. The molecule has 0 saturated carbocycles. The van der Waals surface area contributed by atoms with Gasteiger partial charge in [-0.2, -0.15) is 0 Å². The van der Waals surface area contributed by atoms with Crippen molar-refractivity contribution in [3.8, 4) is 22.3 Å². The highest BCUT2D eigenvalue weighted by Crippen LogP contribution is 2.53. The molecule has 2 aliphatic carbocycles. The third-order valence-corrected chi connectivity index (χ3v) is 11.2. The van der Waals surface area contributed by atoms with Crippen molar-refractivity contribution in [1.29, 1.82) is 0 Å². The van der Waals surface area contributed by atoms with Gasteiger partial charge in [-0.1, -0.05) is 109 Å². The maximum Gasteiger partial charge on any atom is 0.293 e. The van der Waals surface area contributed by atoms with Gasteiger partial charge in [-0.15, -0.1) is 0 Å². The van der Waals surface area contributed by atoms with Gasteiger partial charge in [0.15, 0.2) is 0 Å². The first kappa shape index (κ1) is 17.3. The molecule has 0 aromatic heterocycles. The number of hydrogen-bond acceptors (Lipinski definition) is 0. The van der Waals surface area contributed by atoms with Crippen molar-refractivity contribution in [1.82, 2.24) is 0 Å². The van der Waals surface area contributed by atoms with E-state index in [1.807, 2.05) is 0 Å². The van der Waals surface area contributed by atoms with Crippen LogP contribution in [-0.2, 0) is 0 Å². The molecular weight excluding hydrogens is 363 g/mol. The van der Waals surface area contributed by atoms with Gasteiger partial charge in [-0.3, -0.25) is 0 Å². The third-order valence-electron chi connectivity index (χ3n) is 7.09. The zero-order valence-corrected chi connectivity index (χ0v) is 17.8. The predicted octanol–water partition coefficient (Wildman–Crippen LogP) is 7.20. The SMILES string of the molecule is C[CH2][Al]([CH]1c2ccccc2-c2ccccc21)[CH]1c2ccccc2-c2ccccc21. The first-order chi connectivity index (χ1) is 14.4. The predicted molar refractivity (Wildman–Crippen MR) is 124 cm³/mol. The molecule has 0 saturated heterocycles. The summed E-state index contributed by atoms with van der Waals surface area (Å²) in [4.78, 5) is 0. The van der Waals surface area contributed by atoms with E-state index in [0.717, 1.165) is 0 Å². The van der Waals surface area contributed by atoms with Gasteiger partial charge < -0.3 is 0 Å². The summed E-state index contributed by atoms with van der Waals surface area (Å²) in [5.74, 6) is 0. The van der Waals surface area contributed by atoms with Crippen LogP contribution in [-0.4, -0.2) is 14.1 Å². The Morgan fingerprint density at radius 3 is 1.03 bits per heavy atom. The lowest BCUT2D eigenvalue weighted by Crippen LogP contribution is -2.30. The third kappa shape index (κ3) is 2.45. The van der Waals surface area contributed by atoms with Gasteiger partial charge in [-0.05, 0) is 54.1 Å². The minimum absolute atomic E-state index is 0.580. The van der Waals surface area contributed by atoms with E-state index in [1.54, 1.807) is 22.3 Å². The van der Waals surface area contributed by atoms with Gasteiger partial charge in [0.05, 0.1) is 0 Å². The first-order valence-corrected chi connectivity index (χ1v) is 12.9. The Balaban J connectivity index is 1.58. The van der Waals surface area contributed by atoms with Crippen molar-refractivity contribution >= 4 is 14.1 Å². The standard InChI is InChI=1S/2C13H9.C2H5.Al/c2*1-3-7-12-10(5-1)9-11-6-2-4-8-13(11)12;1-2;/h2*1-9H;1H2,2H3;. The second-order valence-corrected chi connectivity index (χ2v) is 11.9. The van der Waals surface area contributed by atoms with Crippen LogP contribution in [0.2, 0.25) is 5.28 Å². The summed E-state index contributed by atoms with van der Waals surface area (Å²) in [6.45, 7) is 2.43. The number of rotatable bonds is 3. The Labute approximate surface area is 177 Å². The minimum atomic E-state index is -1.27. The van der Waals surface area contributed by atoms with E-state index in [1.165, 1.54) is 27.5 Å². The molecule has 2 aliphatic rings. The average molecular weight is 386 g/mol. The molecule has 29 heavy (non-hydrogen) atoms. The summed E-state index contributed by atoms with van der Waals surface area (Å²) in [6.07, 6.45) is 0.